The normalized spacial score (nSPS) is 14.8. The molecule has 0 heterocycles. The molecule has 0 aliphatic rings. The van der Waals surface area contributed by atoms with Crippen molar-refractivity contribution in [1.29, 1.82) is 0 Å². The summed E-state index contributed by atoms with van der Waals surface area (Å²) in [5.41, 5.74) is 5.64. The summed E-state index contributed by atoms with van der Waals surface area (Å²) in [7, 11) is 1.63. The Kier molecular flexibility index (Phi) is 5.74. The third-order valence-electron chi connectivity index (χ3n) is 2.15. The Morgan fingerprint density at radius 2 is 1.83 bits per heavy atom. The van der Waals surface area contributed by atoms with Crippen molar-refractivity contribution in [2.45, 2.75) is 38.4 Å². The maximum atomic E-state index is 5.64. The minimum atomic E-state index is -1.82. The predicted octanol–water partition coefficient (Wildman–Crippen LogP) is 1.48. The van der Waals surface area contributed by atoms with Crippen LogP contribution in [0.2, 0.25) is 12.6 Å². The fraction of sp³-hybridized carbons (Fsp3) is 1.00. The number of hydrogen-bond acceptors (Lipinski definition) is 3. The van der Waals surface area contributed by atoms with Gasteiger partial charge in [-0.3, -0.25) is 0 Å². The maximum absolute atomic E-state index is 5.64. The van der Waals surface area contributed by atoms with Crippen molar-refractivity contribution in [3.05, 3.63) is 0 Å². The molecule has 12 heavy (non-hydrogen) atoms. The second-order valence-corrected chi connectivity index (χ2v) is 7.00. The zero-order valence-electron chi connectivity index (χ0n) is 8.59. The van der Waals surface area contributed by atoms with Gasteiger partial charge >= 0.3 is 8.56 Å². The van der Waals surface area contributed by atoms with Crippen LogP contribution in [0.1, 0.15) is 19.8 Å². The Labute approximate surface area is 76.5 Å². The van der Waals surface area contributed by atoms with E-state index in [-0.39, 0.29) is 6.04 Å². The fourth-order valence-electron chi connectivity index (χ4n) is 1.03. The summed E-state index contributed by atoms with van der Waals surface area (Å²) >= 11 is 0. The molecule has 0 fully saturated rings. The molecule has 0 aromatic heterocycles. The first-order chi connectivity index (χ1) is 5.54. The zero-order chi connectivity index (χ0) is 9.61. The maximum Gasteiger partial charge on any atom is 0.334 e. The van der Waals surface area contributed by atoms with E-state index in [0.717, 1.165) is 18.9 Å². The lowest BCUT2D eigenvalue weighted by Gasteiger charge is -2.22. The van der Waals surface area contributed by atoms with Crippen LogP contribution in [0.3, 0.4) is 0 Å². The van der Waals surface area contributed by atoms with Gasteiger partial charge in [-0.15, -0.1) is 0 Å². The molecule has 0 rings (SSSR count). The van der Waals surface area contributed by atoms with Gasteiger partial charge in [-0.1, -0.05) is 0 Å². The highest BCUT2D eigenvalue weighted by Crippen LogP contribution is 2.15. The lowest BCUT2D eigenvalue weighted by molar-refractivity contribution is 0.248. The molecule has 0 bridgehead atoms. The van der Waals surface area contributed by atoms with Crippen molar-refractivity contribution in [2.24, 2.45) is 5.73 Å². The summed E-state index contributed by atoms with van der Waals surface area (Å²) in [5.74, 6) is 0. The zero-order valence-corrected chi connectivity index (χ0v) is 9.59. The highest BCUT2D eigenvalue weighted by molar-refractivity contribution is 6.65. The van der Waals surface area contributed by atoms with Crippen molar-refractivity contribution >= 4 is 8.56 Å². The monoisotopic (exact) mass is 191 g/mol. The summed E-state index contributed by atoms with van der Waals surface area (Å²) in [6.07, 6.45) is 2.15. The third kappa shape index (κ3) is 4.87. The summed E-state index contributed by atoms with van der Waals surface area (Å²) < 4.78 is 10.7. The van der Waals surface area contributed by atoms with Crippen LogP contribution in [0, 0.1) is 0 Å². The van der Waals surface area contributed by atoms with Crippen LogP contribution < -0.4 is 5.73 Å². The third-order valence-corrected chi connectivity index (χ3v) is 5.14. The van der Waals surface area contributed by atoms with Gasteiger partial charge < -0.3 is 14.6 Å². The summed E-state index contributed by atoms with van der Waals surface area (Å²) in [6, 6.07) is 1.32. The van der Waals surface area contributed by atoms with E-state index in [0.29, 0.717) is 0 Å². The van der Waals surface area contributed by atoms with Gasteiger partial charge in [-0.25, -0.2) is 0 Å². The van der Waals surface area contributed by atoms with Gasteiger partial charge in [0, 0.05) is 20.3 Å². The van der Waals surface area contributed by atoms with Gasteiger partial charge in [0.05, 0.1) is 0 Å². The Hall–Kier alpha value is 0.0969. The molecule has 0 saturated carbocycles. The largest absolute Gasteiger partial charge is 0.398 e. The SMILES string of the molecule is CO[Si](C)(CCCC(C)N)OC. The highest BCUT2D eigenvalue weighted by Gasteiger charge is 2.27. The topological polar surface area (TPSA) is 44.5 Å². The van der Waals surface area contributed by atoms with Gasteiger partial charge in [0.25, 0.3) is 0 Å². The summed E-state index contributed by atoms with van der Waals surface area (Å²) in [5, 5.41) is 0. The van der Waals surface area contributed by atoms with E-state index in [2.05, 4.69) is 6.55 Å². The van der Waals surface area contributed by atoms with Crippen molar-refractivity contribution in [1.82, 2.24) is 0 Å². The molecule has 2 N–H and O–H groups in total. The molecule has 1 atom stereocenters. The van der Waals surface area contributed by atoms with E-state index < -0.39 is 8.56 Å². The molecule has 0 radical (unpaired) electrons. The van der Waals surface area contributed by atoms with E-state index in [9.17, 15) is 0 Å². The molecular formula is C8H21NO2Si. The van der Waals surface area contributed by atoms with Crippen LogP contribution in [0.25, 0.3) is 0 Å². The lowest BCUT2D eigenvalue weighted by atomic mass is 10.2. The average Bonchev–Trinajstić information content (AvgIpc) is 2.03. The molecule has 0 aromatic rings. The number of hydrogen-bond donors (Lipinski definition) is 1. The highest BCUT2D eigenvalue weighted by atomic mass is 28.4. The predicted molar refractivity (Wildman–Crippen MR) is 53.3 cm³/mol. The van der Waals surface area contributed by atoms with Gasteiger partial charge in [0.1, 0.15) is 0 Å². The molecule has 0 spiro atoms. The fourth-order valence-corrected chi connectivity index (χ4v) is 2.45. The van der Waals surface area contributed by atoms with Crippen LogP contribution in [-0.4, -0.2) is 28.8 Å². The van der Waals surface area contributed by atoms with Gasteiger partial charge in [0.15, 0.2) is 0 Å². The summed E-state index contributed by atoms with van der Waals surface area (Å²) in [4.78, 5) is 0. The molecule has 0 aromatic carbocycles. The van der Waals surface area contributed by atoms with Crippen molar-refractivity contribution in [3.8, 4) is 0 Å². The molecule has 0 aliphatic carbocycles. The Bertz CT molecular complexity index is 116. The number of nitrogens with two attached hydrogens (primary N) is 1. The van der Waals surface area contributed by atoms with E-state index in [1.807, 2.05) is 6.92 Å². The Morgan fingerprint density at radius 3 is 2.17 bits per heavy atom. The minimum Gasteiger partial charge on any atom is -0.398 e. The van der Waals surface area contributed by atoms with E-state index in [1.165, 1.54) is 0 Å². The Morgan fingerprint density at radius 1 is 1.33 bits per heavy atom. The first-order valence-electron chi connectivity index (χ1n) is 4.40. The van der Waals surface area contributed by atoms with Crippen LogP contribution >= 0.6 is 0 Å². The average molecular weight is 191 g/mol. The van der Waals surface area contributed by atoms with E-state index >= 15 is 0 Å². The van der Waals surface area contributed by atoms with Gasteiger partial charge in [0.2, 0.25) is 0 Å². The van der Waals surface area contributed by atoms with Crippen molar-refractivity contribution < 1.29 is 8.85 Å². The number of rotatable bonds is 6. The van der Waals surface area contributed by atoms with Gasteiger partial charge in [-0.2, -0.15) is 0 Å². The minimum absolute atomic E-state index is 0.289. The molecule has 3 nitrogen and oxygen atoms in total. The Balaban J connectivity index is 3.58. The van der Waals surface area contributed by atoms with Crippen LogP contribution in [-0.2, 0) is 8.85 Å². The van der Waals surface area contributed by atoms with Crippen molar-refractivity contribution in [2.75, 3.05) is 14.2 Å². The lowest BCUT2D eigenvalue weighted by Crippen LogP contribution is -2.36. The first kappa shape index (κ1) is 12.1. The molecule has 1 unspecified atom stereocenters. The van der Waals surface area contributed by atoms with Gasteiger partial charge in [-0.05, 0) is 32.4 Å². The van der Waals surface area contributed by atoms with Crippen LogP contribution in [0.4, 0.5) is 0 Å². The first-order valence-corrected chi connectivity index (χ1v) is 6.92. The standard InChI is InChI=1S/C8H21NO2Si/c1-8(9)6-5-7-12(4,10-2)11-3/h8H,5-7,9H2,1-4H3. The molecular weight excluding hydrogens is 170 g/mol. The summed E-state index contributed by atoms with van der Waals surface area (Å²) in [6.45, 7) is 4.10. The van der Waals surface area contributed by atoms with E-state index in [1.54, 1.807) is 14.2 Å². The van der Waals surface area contributed by atoms with Crippen LogP contribution in [0.15, 0.2) is 0 Å². The molecule has 0 amide bonds. The molecule has 0 aliphatic heterocycles. The van der Waals surface area contributed by atoms with Crippen molar-refractivity contribution in [3.63, 3.8) is 0 Å². The second-order valence-electron chi connectivity index (χ2n) is 3.41. The van der Waals surface area contributed by atoms with Crippen LogP contribution in [0.5, 0.6) is 0 Å². The molecule has 74 valence electrons. The molecule has 0 saturated heterocycles. The quantitative estimate of drug-likeness (QED) is 0.647. The molecule has 4 heteroatoms. The van der Waals surface area contributed by atoms with E-state index in [4.69, 9.17) is 14.6 Å². The second kappa shape index (κ2) is 5.69. The smallest absolute Gasteiger partial charge is 0.334 e.